The lowest BCUT2D eigenvalue weighted by atomic mass is 10.00. The Morgan fingerprint density at radius 3 is 2.50 bits per heavy atom. The average molecular weight is 275 g/mol. The standard InChI is InChI=1S/C16H21NO3/c1-5-16(3,4)17-15(20)13-7-6-12(11(2)10-13)8-9-14(18)19/h6-10H,5H2,1-4H3,(H,17,20)(H,18,19)/b9-8+. The van der Waals surface area contributed by atoms with E-state index in [4.69, 9.17) is 5.11 Å². The van der Waals surface area contributed by atoms with Crippen LogP contribution in [0.4, 0.5) is 0 Å². The number of nitrogens with one attached hydrogen (secondary N) is 1. The Bertz CT molecular complexity index is 545. The summed E-state index contributed by atoms with van der Waals surface area (Å²) in [4.78, 5) is 22.6. The second-order valence-electron chi connectivity index (χ2n) is 5.43. The Balaban J connectivity index is 2.92. The third-order valence-electron chi connectivity index (χ3n) is 3.27. The summed E-state index contributed by atoms with van der Waals surface area (Å²) in [6.07, 6.45) is 3.45. The smallest absolute Gasteiger partial charge is 0.328 e. The van der Waals surface area contributed by atoms with Gasteiger partial charge in [0.15, 0.2) is 0 Å². The molecule has 0 spiro atoms. The van der Waals surface area contributed by atoms with Gasteiger partial charge in [0.2, 0.25) is 0 Å². The second kappa shape index (κ2) is 6.37. The van der Waals surface area contributed by atoms with Gasteiger partial charge in [-0.15, -0.1) is 0 Å². The van der Waals surface area contributed by atoms with E-state index in [1.807, 2.05) is 27.7 Å². The lowest BCUT2D eigenvalue weighted by molar-refractivity contribution is -0.131. The Hall–Kier alpha value is -2.10. The maximum atomic E-state index is 12.1. The van der Waals surface area contributed by atoms with Crippen molar-refractivity contribution in [3.8, 4) is 0 Å². The summed E-state index contributed by atoms with van der Waals surface area (Å²) >= 11 is 0. The first kappa shape index (κ1) is 16.0. The van der Waals surface area contributed by atoms with E-state index in [2.05, 4.69) is 5.32 Å². The number of rotatable bonds is 5. The van der Waals surface area contributed by atoms with Gasteiger partial charge in [0, 0.05) is 17.2 Å². The summed E-state index contributed by atoms with van der Waals surface area (Å²) in [5, 5.41) is 11.6. The number of hydrogen-bond acceptors (Lipinski definition) is 2. The number of amides is 1. The van der Waals surface area contributed by atoms with Gasteiger partial charge in [0.25, 0.3) is 5.91 Å². The van der Waals surface area contributed by atoms with Crippen LogP contribution in [-0.2, 0) is 4.79 Å². The third kappa shape index (κ3) is 4.53. The SMILES string of the molecule is CCC(C)(C)NC(=O)c1ccc(/C=C/C(=O)O)c(C)c1. The van der Waals surface area contributed by atoms with Crippen molar-refractivity contribution in [1.82, 2.24) is 5.32 Å². The Morgan fingerprint density at radius 2 is 2.00 bits per heavy atom. The van der Waals surface area contributed by atoms with E-state index in [0.29, 0.717) is 5.56 Å². The Labute approximate surface area is 119 Å². The average Bonchev–Trinajstić information content (AvgIpc) is 2.36. The predicted molar refractivity (Wildman–Crippen MR) is 79.7 cm³/mol. The molecule has 4 heteroatoms. The number of benzene rings is 1. The van der Waals surface area contributed by atoms with Crippen molar-refractivity contribution in [3.05, 3.63) is 41.0 Å². The van der Waals surface area contributed by atoms with Crippen LogP contribution in [-0.4, -0.2) is 22.5 Å². The molecule has 0 aliphatic heterocycles. The van der Waals surface area contributed by atoms with Gasteiger partial charge in [0.1, 0.15) is 0 Å². The van der Waals surface area contributed by atoms with Crippen molar-refractivity contribution in [3.63, 3.8) is 0 Å². The summed E-state index contributed by atoms with van der Waals surface area (Å²) in [7, 11) is 0. The monoisotopic (exact) mass is 275 g/mol. The lowest BCUT2D eigenvalue weighted by Crippen LogP contribution is -2.42. The fourth-order valence-corrected chi connectivity index (χ4v) is 1.63. The van der Waals surface area contributed by atoms with Crippen LogP contribution in [0.5, 0.6) is 0 Å². The summed E-state index contributed by atoms with van der Waals surface area (Å²) in [6, 6.07) is 5.22. The molecule has 1 aromatic carbocycles. The van der Waals surface area contributed by atoms with E-state index in [0.717, 1.165) is 23.6 Å². The van der Waals surface area contributed by atoms with Gasteiger partial charge in [0.05, 0.1) is 0 Å². The van der Waals surface area contributed by atoms with Crippen molar-refractivity contribution in [2.75, 3.05) is 0 Å². The second-order valence-corrected chi connectivity index (χ2v) is 5.43. The van der Waals surface area contributed by atoms with Crippen LogP contribution >= 0.6 is 0 Å². The van der Waals surface area contributed by atoms with Gasteiger partial charge in [-0.3, -0.25) is 4.79 Å². The van der Waals surface area contributed by atoms with Crippen molar-refractivity contribution in [1.29, 1.82) is 0 Å². The number of carboxylic acids is 1. The predicted octanol–water partition coefficient (Wildman–Crippen LogP) is 3.01. The third-order valence-corrected chi connectivity index (χ3v) is 3.27. The molecule has 4 nitrogen and oxygen atoms in total. The molecule has 0 bridgehead atoms. The zero-order chi connectivity index (χ0) is 15.3. The van der Waals surface area contributed by atoms with Gasteiger partial charge in [-0.1, -0.05) is 13.0 Å². The first-order chi connectivity index (χ1) is 9.25. The minimum atomic E-state index is -0.990. The minimum Gasteiger partial charge on any atom is -0.478 e. The topological polar surface area (TPSA) is 66.4 Å². The molecule has 0 aliphatic carbocycles. The van der Waals surface area contributed by atoms with E-state index in [1.54, 1.807) is 18.2 Å². The van der Waals surface area contributed by atoms with Gasteiger partial charge < -0.3 is 10.4 Å². The largest absolute Gasteiger partial charge is 0.478 e. The molecular weight excluding hydrogens is 254 g/mol. The van der Waals surface area contributed by atoms with Crippen LogP contribution in [0.3, 0.4) is 0 Å². The molecule has 0 unspecified atom stereocenters. The fourth-order valence-electron chi connectivity index (χ4n) is 1.63. The van der Waals surface area contributed by atoms with E-state index < -0.39 is 5.97 Å². The highest BCUT2D eigenvalue weighted by molar-refractivity contribution is 5.95. The Kier molecular flexibility index (Phi) is 5.08. The van der Waals surface area contributed by atoms with Crippen LogP contribution in [0.15, 0.2) is 24.3 Å². The molecule has 1 aromatic rings. The van der Waals surface area contributed by atoms with Crippen molar-refractivity contribution >= 4 is 18.0 Å². The molecule has 20 heavy (non-hydrogen) atoms. The quantitative estimate of drug-likeness (QED) is 0.812. The molecule has 0 atom stereocenters. The summed E-state index contributed by atoms with van der Waals surface area (Å²) in [5.41, 5.74) is 1.99. The van der Waals surface area contributed by atoms with Crippen molar-refractivity contribution < 1.29 is 14.7 Å². The maximum Gasteiger partial charge on any atom is 0.328 e. The normalized spacial score (nSPS) is 11.6. The molecule has 0 aromatic heterocycles. The summed E-state index contributed by atoms with van der Waals surface area (Å²) in [5.74, 6) is -1.11. The number of aliphatic carboxylic acids is 1. The maximum absolute atomic E-state index is 12.1. The first-order valence-corrected chi connectivity index (χ1v) is 6.59. The summed E-state index contributed by atoms with van der Waals surface area (Å²) in [6.45, 7) is 7.82. The number of carboxylic acid groups (broad SMARTS) is 1. The molecule has 1 rings (SSSR count). The lowest BCUT2D eigenvalue weighted by Gasteiger charge is -2.24. The highest BCUT2D eigenvalue weighted by Gasteiger charge is 2.18. The summed E-state index contributed by atoms with van der Waals surface area (Å²) < 4.78 is 0. The molecule has 108 valence electrons. The zero-order valence-corrected chi connectivity index (χ0v) is 12.4. The molecule has 2 N–H and O–H groups in total. The molecule has 0 saturated heterocycles. The molecule has 0 saturated carbocycles. The highest BCUT2D eigenvalue weighted by atomic mass is 16.4. The molecular formula is C16H21NO3. The zero-order valence-electron chi connectivity index (χ0n) is 12.4. The van der Waals surface area contributed by atoms with Crippen molar-refractivity contribution in [2.45, 2.75) is 39.7 Å². The van der Waals surface area contributed by atoms with Gasteiger partial charge in [-0.05, 0) is 56.5 Å². The van der Waals surface area contributed by atoms with E-state index in [-0.39, 0.29) is 11.4 Å². The number of carbonyl (C=O) groups is 2. The van der Waals surface area contributed by atoms with Gasteiger partial charge in [-0.2, -0.15) is 0 Å². The number of aryl methyl sites for hydroxylation is 1. The molecule has 0 fully saturated rings. The highest BCUT2D eigenvalue weighted by Crippen LogP contribution is 2.15. The van der Waals surface area contributed by atoms with Crippen LogP contribution in [0.25, 0.3) is 6.08 Å². The number of carbonyl (C=O) groups excluding carboxylic acids is 1. The Morgan fingerprint density at radius 1 is 1.35 bits per heavy atom. The minimum absolute atomic E-state index is 0.117. The van der Waals surface area contributed by atoms with Gasteiger partial charge >= 0.3 is 5.97 Å². The van der Waals surface area contributed by atoms with Crippen LogP contribution in [0.2, 0.25) is 0 Å². The van der Waals surface area contributed by atoms with E-state index >= 15 is 0 Å². The van der Waals surface area contributed by atoms with Gasteiger partial charge in [-0.25, -0.2) is 4.79 Å². The molecule has 0 aliphatic rings. The van der Waals surface area contributed by atoms with Crippen LogP contribution in [0, 0.1) is 6.92 Å². The van der Waals surface area contributed by atoms with Crippen LogP contribution in [0.1, 0.15) is 48.7 Å². The van der Waals surface area contributed by atoms with Crippen LogP contribution < -0.4 is 5.32 Å². The molecule has 0 heterocycles. The first-order valence-electron chi connectivity index (χ1n) is 6.59. The molecule has 0 radical (unpaired) electrons. The number of hydrogen-bond donors (Lipinski definition) is 2. The molecule has 1 amide bonds. The fraction of sp³-hybridized carbons (Fsp3) is 0.375. The van der Waals surface area contributed by atoms with E-state index in [1.165, 1.54) is 6.08 Å². The van der Waals surface area contributed by atoms with E-state index in [9.17, 15) is 9.59 Å². The van der Waals surface area contributed by atoms with Crippen molar-refractivity contribution in [2.24, 2.45) is 0 Å².